The Morgan fingerprint density at radius 2 is 1.70 bits per heavy atom. The lowest BCUT2D eigenvalue weighted by Gasteiger charge is -2.23. The Kier molecular flexibility index (Phi) is 10.6. The van der Waals surface area contributed by atoms with Gasteiger partial charge in [-0.1, -0.05) is 79.2 Å². The van der Waals surface area contributed by atoms with Crippen LogP contribution in [0.25, 0.3) is 5.76 Å². The fourth-order valence-corrected chi connectivity index (χ4v) is 6.57. The lowest BCUT2D eigenvalue weighted by Crippen LogP contribution is -2.29. The van der Waals surface area contributed by atoms with Crippen molar-refractivity contribution < 1.29 is 24.2 Å². The van der Waals surface area contributed by atoms with E-state index in [1.165, 1.54) is 28.0 Å². The molecule has 1 N–H and O–H groups in total. The summed E-state index contributed by atoms with van der Waals surface area (Å²) in [6, 6.07) is 20.6. The Hall–Kier alpha value is -3.86. The lowest BCUT2D eigenvalue weighted by atomic mass is 9.95. The maximum absolute atomic E-state index is 13.6. The van der Waals surface area contributed by atoms with Gasteiger partial charge in [-0.2, -0.15) is 0 Å². The van der Waals surface area contributed by atoms with Crippen molar-refractivity contribution in [2.24, 2.45) is 0 Å². The Morgan fingerprint density at radius 1 is 0.955 bits per heavy atom. The second-order valence-electron chi connectivity index (χ2n) is 10.1. The first-order valence-electron chi connectivity index (χ1n) is 14.4. The van der Waals surface area contributed by atoms with Crippen LogP contribution < -0.4 is 14.4 Å². The van der Waals surface area contributed by atoms with E-state index in [-0.39, 0.29) is 16.5 Å². The number of rotatable bonds is 13. The molecule has 5 rings (SSSR count). The van der Waals surface area contributed by atoms with E-state index in [0.717, 1.165) is 24.8 Å². The number of aromatic nitrogens is 2. The molecule has 1 amide bonds. The first-order valence-corrected chi connectivity index (χ1v) is 16.5. The highest BCUT2D eigenvalue weighted by Crippen LogP contribution is 2.44. The molecule has 0 bridgehead atoms. The van der Waals surface area contributed by atoms with Crippen LogP contribution in [0.2, 0.25) is 5.02 Å². The summed E-state index contributed by atoms with van der Waals surface area (Å²) in [6.45, 7) is 5.20. The standard InChI is InChI=1S/C33H32ClN3O5S2/c1-3-5-18-42-26-8-6-7-23(19-26)28-27(29(38)22-11-15-25(16-12-22)41-17-4-2)30(39)31(40)37(28)32-35-36-33(44-32)43-20-21-9-13-24(34)14-10-21/h6-16,19,28,38H,3-5,17-18,20H2,1-2H3/b29-27+. The van der Waals surface area contributed by atoms with E-state index in [1.54, 1.807) is 30.3 Å². The van der Waals surface area contributed by atoms with Crippen LogP contribution in [0.15, 0.2) is 82.7 Å². The maximum atomic E-state index is 13.6. The molecule has 4 aromatic rings. The molecule has 1 aromatic heterocycles. The van der Waals surface area contributed by atoms with Crippen molar-refractivity contribution in [3.8, 4) is 11.5 Å². The largest absolute Gasteiger partial charge is 0.507 e. The zero-order valence-electron chi connectivity index (χ0n) is 24.4. The molecule has 1 saturated heterocycles. The maximum Gasteiger partial charge on any atom is 0.301 e. The number of hydrogen-bond donors (Lipinski definition) is 1. The van der Waals surface area contributed by atoms with Crippen LogP contribution in [0, 0.1) is 0 Å². The number of hydrogen-bond acceptors (Lipinski definition) is 9. The summed E-state index contributed by atoms with van der Waals surface area (Å²) < 4.78 is 12.2. The lowest BCUT2D eigenvalue weighted by molar-refractivity contribution is -0.132. The molecule has 1 aliphatic rings. The quantitative estimate of drug-likeness (QED) is 0.0387. The van der Waals surface area contributed by atoms with Crippen LogP contribution in [0.4, 0.5) is 5.13 Å². The van der Waals surface area contributed by atoms with Crippen LogP contribution in [-0.2, 0) is 15.3 Å². The van der Waals surface area contributed by atoms with Gasteiger partial charge in [-0.05, 0) is 72.5 Å². The molecule has 3 aromatic carbocycles. The number of ketones is 1. The highest BCUT2D eigenvalue weighted by Gasteiger charge is 2.48. The number of Topliss-reactive ketones (excluding diaryl/α,β-unsaturated/α-hetero) is 1. The Balaban J connectivity index is 1.51. The molecule has 0 radical (unpaired) electrons. The van der Waals surface area contributed by atoms with Crippen LogP contribution >= 0.6 is 34.7 Å². The van der Waals surface area contributed by atoms with Gasteiger partial charge in [0.1, 0.15) is 17.3 Å². The van der Waals surface area contributed by atoms with Crippen molar-refractivity contribution in [1.29, 1.82) is 0 Å². The predicted molar refractivity (Wildman–Crippen MR) is 175 cm³/mol. The van der Waals surface area contributed by atoms with Gasteiger partial charge >= 0.3 is 5.91 Å². The molecule has 44 heavy (non-hydrogen) atoms. The molecule has 0 aliphatic carbocycles. The molecule has 11 heteroatoms. The van der Waals surface area contributed by atoms with Crippen LogP contribution in [0.3, 0.4) is 0 Å². The third kappa shape index (κ3) is 7.26. The van der Waals surface area contributed by atoms with Gasteiger partial charge in [0.05, 0.1) is 24.8 Å². The molecule has 0 saturated carbocycles. The highest BCUT2D eigenvalue weighted by atomic mass is 35.5. The summed E-state index contributed by atoms with van der Waals surface area (Å²) in [5, 5.41) is 21.0. The van der Waals surface area contributed by atoms with Gasteiger partial charge in [-0.25, -0.2) is 0 Å². The van der Waals surface area contributed by atoms with E-state index in [9.17, 15) is 14.7 Å². The first-order chi connectivity index (χ1) is 21.4. The van der Waals surface area contributed by atoms with Crippen LogP contribution in [0.5, 0.6) is 11.5 Å². The van der Waals surface area contributed by atoms with Crippen molar-refractivity contribution in [2.75, 3.05) is 18.1 Å². The topological polar surface area (TPSA) is 102 Å². The van der Waals surface area contributed by atoms with E-state index in [1.807, 2.05) is 49.4 Å². The van der Waals surface area contributed by atoms with Gasteiger partial charge in [0, 0.05) is 16.3 Å². The molecule has 8 nitrogen and oxygen atoms in total. The van der Waals surface area contributed by atoms with E-state index in [0.29, 0.717) is 51.0 Å². The third-order valence-corrected chi connectivity index (χ3v) is 9.24. The van der Waals surface area contributed by atoms with Crippen molar-refractivity contribution in [2.45, 2.75) is 49.2 Å². The number of amides is 1. The number of aliphatic hydroxyl groups is 1. The summed E-state index contributed by atoms with van der Waals surface area (Å²) >= 11 is 8.69. The number of thioether (sulfide) groups is 1. The summed E-state index contributed by atoms with van der Waals surface area (Å²) in [6.07, 6.45) is 2.73. The number of ether oxygens (including phenoxy) is 2. The van der Waals surface area contributed by atoms with E-state index < -0.39 is 17.7 Å². The van der Waals surface area contributed by atoms with E-state index in [2.05, 4.69) is 17.1 Å². The van der Waals surface area contributed by atoms with Crippen LogP contribution in [0.1, 0.15) is 55.8 Å². The third-order valence-electron chi connectivity index (χ3n) is 6.86. The summed E-state index contributed by atoms with van der Waals surface area (Å²) in [4.78, 5) is 28.6. The number of aliphatic hydroxyl groups excluding tert-OH is 1. The Morgan fingerprint density at radius 3 is 2.43 bits per heavy atom. The molecule has 1 atom stereocenters. The van der Waals surface area contributed by atoms with Gasteiger partial charge in [0.15, 0.2) is 4.34 Å². The number of carbonyl (C=O) groups is 2. The molecule has 1 fully saturated rings. The number of halogens is 1. The number of carbonyl (C=O) groups excluding carboxylic acids is 2. The van der Waals surface area contributed by atoms with Crippen molar-refractivity contribution in [3.05, 3.63) is 100 Å². The van der Waals surface area contributed by atoms with Crippen molar-refractivity contribution in [1.82, 2.24) is 10.2 Å². The molecule has 1 unspecified atom stereocenters. The van der Waals surface area contributed by atoms with Crippen molar-refractivity contribution in [3.63, 3.8) is 0 Å². The SMILES string of the molecule is CCCCOc1cccc(C2/C(=C(\O)c3ccc(OCCC)cc3)C(=O)C(=O)N2c2nnc(SCc3ccc(Cl)cc3)s2)c1. The Bertz CT molecular complexity index is 1640. The van der Waals surface area contributed by atoms with Gasteiger partial charge in [0.25, 0.3) is 5.78 Å². The number of unbranched alkanes of at least 4 members (excludes halogenated alkanes) is 1. The van der Waals surface area contributed by atoms with Crippen LogP contribution in [-0.4, -0.2) is 40.2 Å². The second kappa shape index (κ2) is 14.7. The summed E-state index contributed by atoms with van der Waals surface area (Å²) in [5.41, 5.74) is 2.02. The first kappa shape index (κ1) is 31.6. The monoisotopic (exact) mass is 649 g/mol. The normalized spacial score (nSPS) is 16.0. The van der Waals surface area contributed by atoms with Gasteiger partial charge in [-0.15, -0.1) is 10.2 Å². The Labute approximate surface area is 269 Å². The minimum Gasteiger partial charge on any atom is -0.507 e. The van der Waals surface area contributed by atoms with Gasteiger partial charge in [-0.3, -0.25) is 14.5 Å². The molecule has 0 spiro atoms. The smallest absolute Gasteiger partial charge is 0.301 e. The zero-order valence-corrected chi connectivity index (χ0v) is 26.8. The number of benzene rings is 3. The summed E-state index contributed by atoms with van der Waals surface area (Å²) in [7, 11) is 0. The van der Waals surface area contributed by atoms with Crippen molar-refractivity contribution >= 4 is 57.3 Å². The zero-order chi connectivity index (χ0) is 31.1. The summed E-state index contributed by atoms with van der Waals surface area (Å²) in [5.74, 6) is 0.00882. The van der Waals surface area contributed by atoms with E-state index >= 15 is 0 Å². The molecule has 2 heterocycles. The van der Waals surface area contributed by atoms with Gasteiger partial charge < -0.3 is 14.6 Å². The van der Waals surface area contributed by atoms with Gasteiger partial charge in [0.2, 0.25) is 5.13 Å². The minimum atomic E-state index is -0.942. The fourth-order valence-electron chi connectivity index (χ4n) is 4.62. The van der Waals surface area contributed by atoms with E-state index in [4.69, 9.17) is 21.1 Å². The second-order valence-corrected chi connectivity index (χ2v) is 12.7. The minimum absolute atomic E-state index is 0.0338. The fraction of sp³-hybridized carbons (Fsp3) is 0.273. The molecular formula is C33H32ClN3O5S2. The average Bonchev–Trinajstić information content (AvgIpc) is 3.61. The number of anilines is 1. The number of nitrogens with zero attached hydrogens (tertiary/aromatic N) is 3. The molecular weight excluding hydrogens is 618 g/mol. The molecule has 228 valence electrons. The highest BCUT2D eigenvalue weighted by molar-refractivity contribution is 8.00. The predicted octanol–water partition coefficient (Wildman–Crippen LogP) is 8.08. The molecule has 1 aliphatic heterocycles. The average molecular weight is 650 g/mol.